The molecule has 0 amide bonds. The Morgan fingerprint density at radius 3 is 2.88 bits per heavy atom. The number of anilines is 1. The Hall–Kier alpha value is -1.75. The molecule has 3 nitrogen and oxygen atoms in total. The second-order valence-corrected chi connectivity index (χ2v) is 3.72. The predicted octanol–water partition coefficient (Wildman–Crippen LogP) is 3.02. The molecular weight excluding hydrogens is 248 g/mol. The SMILES string of the molecule is Fc1ccc(F)c(CNc2ncncc2Cl)c1. The molecule has 1 aromatic heterocycles. The van der Waals surface area contributed by atoms with Crippen LogP contribution in [0.15, 0.2) is 30.7 Å². The number of rotatable bonds is 3. The van der Waals surface area contributed by atoms with Crippen molar-refractivity contribution in [2.75, 3.05) is 5.32 Å². The summed E-state index contributed by atoms with van der Waals surface area (Å²) in [6.45, 7) is 0.0975. The van der Waals surface area contributed by atoms with Gasteiger partial charge >= 0.3 is 0 Å². The monoisotopic (exact) mass is 255 g/mol. The molecule has 0 atom stereocenters. The van der Waals surface area contributed by atoms with Crippen LogP contribution in [0.25, 0.3) is 0 Å². The van der Waals surface area contributed by atoms with Gasteiger partial charge in [-0.05, 0) is 18.2 Å². The molecule has 0 saturated carbocycles. The van der Waals surface area contributed by atoms with E-state index >= 15 is 0 Å². The number of nitrogens with zero attached hydrogens (tertiary/aromatic N) is 2. The zero-order chi connectivity index (χ0) is 12.3. The van der Waals surface area contributed by atoms with Gasteiger partial charge < -0.3 is 5.32 Å². The van der Waals surface area contributed by atoms with E-state index in [1.54, 1.807) is 0 Å². The number of halogens is 3. The molecule has 0 bridgehead atoms. The Balaban J connectivity index is 2.12. The van der Waals surface area contributed by atoms with Gasteiger partial charge in [-0.3, -0.25) is 0 Å². The maximum atomic E-state index is 13.3. The molecule has 0 unspecified atom stereocenters. The Morgan fingerprint density at radius 2 is 2.12 bits per heavy atom. The average molecular weight is 256 g/mol. The van der Waals surface area contributed by atoms with Crippen LogP contribution in [0, 0.1) is 11.6 Å². The Morgan fingerprint density at radius 1 is 1.29 bits per heavy atom. The Bertz CT molecular complexity index is 534. The summed E-state index contributed by atoms with van der Waals surface area (Å²) in [6.07, 6.45) is 2.73. The fraction of sp³-hybridized carbons (Fsp3) is 0.0909. The van der Waals surface area contributed by atoms with Gasteiger partial charge in [0, 0.05) is 12.1 Å². The third-order valence-electron chi connectivity index (χ3n) is 2.12. The predicted molar refractivity (Wildman–Crippen MR) is 60.7 cm³/mol. The summed E-state index contributed by atoms with van der Waals surface area (Å²) in [5, 5.41) is 3.13. The van der Waals surface area contributed by atoms with Crippen molar-refractivity contribution in [2.45, 2.75) is 6.54 Å². The minimum Gasteiger partial charge on any atom is -0.365 e. The van der Waals surface area contributed by atoms with Crippen molar-refractivity contribution < 1.29 is 8.78 Å². The molecule has 2 rings (SSSR count). The van der Waals surface area contributed by atoms with Crippen LogP contribution < -0.4 is 5.32 Å². The van der Waals surface area contributed by atoms with E-state index in [0.29, 0.717) is 10.8 Å². The lowest BCUT2D eigenvalue weighted by atomic mass is 10.2. The minimum atomic E-state index is -0.489. The zero-order valence-corrected chi connectivity index (χ0v) is 9.38. The highest BCUT2D eigenvalue weighted by atomic mass is 35.5. The van der Waals surface area contributed by atoms with Crippen molar-refractivity contribution >= 4 is 17.4 Å². The first-order chi connectivity index (χ1) is 8.16. The summed E-state index contributed by atoms with van der Waals surface area (Å²) in [5.74, 6) is -0.591. The van der Waals surface area contributed by atoms with Crippen LogP contribution in [-0.2, 0) is 6.54 Å². The van der Waals surface area contributed by atoms with Crippen LogP contribution in [0.5, 0.6) is 0 Å². The summed E-state index contributed by atoms with van der Waals surface area (Å²) < 4.78 is 26.2. The molecule has 0 saturated heterocycles. The summed E-state index contributed by atoms with van der Waals surface area (Å²) in [5.41, 5.74) is 0.208. The molecule has 1 N–H and O–H groups in total. The van der Waals surface area contributed by atoms with Gasteiger partial charge in [0.15, 0.2) is 0 Å². The smallest absolute Gasteiger partial charge is 0.148 e. The Kier molecular flexibility index (Phi) is 3.49. The normalized spacial score (nSPS) is 10.3. The topological polar surface area (TPSA) is 37.8 Å². The van der Waals surface area contributed by atoms with Crippen LogP contribution in [-0.4, -0.2) is 9.97 Å². The first kappa shape index (κ1) is 11.7. The van der Waals surface area contributed by atoms with E-state index in [1.807, 2.05) is 0 Å². The van der Waals surface area contributed by atoms with E-state index in [2.05, 4.69) is 15.3 Å². The van der Waals surface area contributed by atoms with Gasteiger partial charge in [-0.1, -0.05) is 11.6 Å². The van der Waals surface area contributed by atoms with E-state index in [4.69, 9.17) is 11.6 Å². The lowest BCUT2D eigenvalue weighted by Crippen LogP contribution is -2.04. The van der Waals surface area contributed by atoms with Crippen molar-refractivity contribution in [1.82, 2.24) is 9.97 Å². The summed E-state index contributed by atoms with van der Waals surface area (Å²) in [7, 11) is 0. The zero-order valence-electron chi connectivity index (χ0n) is 8.62. The third-order valence-corrected chi connectivity index (χ3v) is 2.40. The van der Waals surface area contributed by atoms with Crippen LogP contribution in [0.1, 0.15) is 5.56 Å². The number of nitrogens with one attached hydrogen (secondary N) is 1. The van der Waals surface area contributed by atoms with Gasteiger partial charge in [-0.2, -0.15) is 0 Å². The lowest BCUT2D eigenvalue weighted by Gasteiger charge is -2.07. The van der Waals surface area contributed by atoms with Crippen molar-refractivity contribution in [3.8, 4) is 0 Å². The minimum absolute atomic E-state index is 0.0975. The standard InChI is InChI=1S/C11H8ClF2N3/c12-9-5-15-6-17-11(9)16-4-7-3-8(13)1-2-10(7)14/h1-3,5-6H,4H2,(H,15,16,17). The quantitative estimate of drug-likeness (QED) is 0.916. The molecule has 1 aromatic carbocycles. The van der Waals surface area contributed by atoms with E-state index in [9.17, 15) is 8.78 Å². The van der Waals surface area contributed by atoms with Gasteiger partial charge in [0.25, 0.3) is 0 Å². The molecule has 2 aromatic rings. The van der Waals surface area contributed by atoms with E-state index < -0.39 is 11.6 Å². The third kappa shape index (κ3) is 2.88. The average Bonchev–Trinajstić information content (AvgIpc) is 2.32. The summed E-state index contributed by atoms with van der Waals surface area (Å²) in [4.78, 5) is 7.59. The maximum absolute atomic E-state index is 13.3. The molecule has 17 heavy (non-hydrogen) atoms. The highest BCUT2D eigenvalue weighted by Crippen LogP contribution is 2.18. The van der Waals surface area contributed by atoms with E-state index in [1.165, 1.54) is 12.5 Å². The first-order valence-corrected chi connectivity index (χ1v) is 5.18. The molecule has 0 aliphatic rings. The van der Waals surface area contributed by atoms with Crippen LogP contribution in [0.3, 0.4) is 0 Å². The number of benzene rings is 1. The molecule has 0 aliphatic carbocycles. The summed E-state index contributed by atoms with van der Waals surface area (Å²) >= 11 is 5.81. The fourth-order valence-electron chi connectivity index (χ4n) is 1.30. The van der Waals surface area contributed by atoms with Gasteiger partial charge in [-0.25, -0.2) is 18.7 Å². The largest absolute Gasteiger partial charge is 0.365 e. The van der Waals surface area contributed by atoms with E-state index in [0.717, 1.165) is 18.2 Å². The molecule has 6 heteroatoms. The second kappa shape index (κ2) is 5.05. The second-order valence-electron chi connectivity index (χ2n) is 3.31. The van der Waals surface area contributed by atoms with E-state index in [-0.39, 0.29) is 12.1 Å². The molecule has 0 radical (unpaired) electrons. The lowest BCUT2D eigenvalue weighted by molar-refractivity contribution is 0.587. The molecule has 88 valence electrons. The van der Waals surface area contributed by atoms with Gasteiger partial charge in [0.1, 0.15) is 28.8 Å². The molecule has 0 aliphatic heterocycles. The number of hydrogen-bond donors (Lipinski definition) is 1. The van der Waals surface area contributed by atoms with Gasteiger partial charge in [-0.15, -0.1) is 0 Å². The van der Waals surface area contributed by atoms with Crippen LogP contribution in [0.4, 0.5) is 14.6 Å². The highest BCUT2D eigenvalue weighted by molar-refractivity contribution is 6.32. The molecule has 1 heterocycles. The molecular formula is C11H8ClF2N3. The van der Waals surface area contributed by atoms with Gasteiger partial charge in [0.05, 0.1) is 6.20 Å². The summed E-state index contributed by atoms with van der Waals surface area (Å²) in [6, 6.07) is 3.27. The first-order valence-electron chi connectivity index (χ1n) is 4.80. The number of hydrogen-bond acceptors (Lipinski definition) is 3. The number of aromatic nitrogens is 2. The molecule has 0 spiro atoms. The molecule has 0 fully saturated rings. The highest BCUT2D eigenvalue weighted by Gasteiger charge is 2.05. The fourth-order valence-corrected chi connectivity index (χ4v) is 1.47. The van der Waals surface area contributed by atoms with Crippen molar-refractivity contribution in [3.63, 3.8) is 0 Å². The van der Waals surface area contributed by atoms with Crippen molar-refractivity contribution in [1.29, 1.82) is 0 Å². The van der Waals surface area contributed by atoms with Crippen LogP contribution in [0.2, 0.25) is 5.02 Å². The van der Waals surface area contributed by atoms with Crippen molar-refractivity contribution in [3.05, 3.63) is 52.9 Å². The van der Waals surface area contributed by atoms with Crippen LogP contribution >= 0.6 is 11.6 Å². The Labute approximate surface area is 101 Å². The van der Waals surface area contributed by atoms with Gasteiger partial charge in [0.2, 0.25) is 0 Å². The maximum Gasteiger partial charge on any atom is 0.148 e. The van der Waals surface area contributed by atoms with Crippen molar-refractivity contribution in [2.24, 2.45) is 0 Å².